The van der Waals surface area contributed by atoms with Crippen molar-refractivity contribution in [3.8, 4) is 5.75 Å². The molecule has 5 heteroatoms. The Morgan fingerprint density at radius 3 is 2.93 bits per heavy atom. The van der Waals surface area contributed by atoms with E-state index in [0.717, 1.165) is 30.0 Å². The molecule has 28 heavy (non-hydrogen) atoms. The number of aromatic amines is 1. The fourth-order valence-corrected chi connectivity index (χ4v) is 4.49. The van der Waals surface area contributed by atoms with Crippen LogP contribution in [0.15, 0.2) is 60.8 Å². The summed E-state index contributed by atoms with van der Waals surface area (Å²) in [5.41, 5.74) is 4.87. The average Bonchev–Trinajstić information content (AvgIpc) is 3.17. The molecule has 0 unspecified atom stereocenters. The number of aromatic nitrogens is 1. The summed E-state index contributed by atoms with van der Waals surface area (Å²) in [4.78, 5) is 17.8. The molecule has 1 amide bonds. The molecule has 2 heterocycles. The number of nitrogens with one attached hydrogen (secondary N) is 1. The Balaban J connectivity index is 1.30. The number of carbonyl (C=O) groups is 1. The number of ether oxygens (including phenoxy) is 1. The van der Waals surface area contributed by atoms with E-state index in [0.29, 0.717) is 12.3 Å². The highest BCUT2D eigenvalue weighted by atomic mass is 32.2. The molecule has 3 aromatic rings. The van der Waals surface area contributed by atoms with Crippen LogP contribution < -0.4 is 4.74 Å². The number of hydrogen-bond acceptors (Lipinski definition) is 3. The quantitative estimate of drug-likeness (QED) is 0.660. The molecule has 0 fully saturated rings. The highest BCUT2D eigenvalue weighted by Crippen LogP contribution is 2.26. The number of methoxy groups -OCH3 is 1. The van der Waals surface area contributed by atoms with Gasteiger partial charge in [-0.25, -0.2) is 0 Å². The van der Waals surface area contributed by atoms with Crippen LogP contribution in [0.4, 0.5) is 0 Å². The van der Waals surface area contributed by atoms with E-state index in [-0.39, 0.29) is 5.91 Å². The molecule has 4 nitrogen and oxygen atoms in total. The second-order valence-electron chi connectivity index (χ2n) is 6.90. The van der Waals surface area contributed by atoms with E-state index < -0.39 is 0 Å². The number of amides is 1. The van der Waals surface area contributed by atoms with E-state index >= 15 is 0 Å². The van der Waals surface area contributed by atoms with E-state index in [2.05, 4.69) is 41.4 Å². The van der Waals surface area contributed by atoms with Gasteiger partial charge in [-0.2, -0.15) is 0 Å². The van der Waals surface area contributed by atoms with Gasteiger partial charge in [0.1, 0.15) is 5.75 Å². The molecular formula is C23H24N2O2S. The zero-order valence-corrected chi connectivity index (χ0v) is 16.8. The largest absolute Gasteiger partial charge is 0.497 e. The Bertz CT molecular complexity index is 1010. The van der Waals surface area contributed by atoms with Crippen LogP contribution in [0.5, 0.6) is 5.75 Å². The van der Waals surface area contributed by atoms with Gasteiger partial charge >= 0.3 is 0 Å². The number of hydrogen-bond donors (Lipinski definition) is 1. The molecule has 1 aliphatic rings. The van der Waals surface area contributed by atoms with Crippen molar-refractivity contribution in [3.63, 3.8) is 0 Å². The summed E-state index contributed by atoms with van der Waals surface area (Å²) in [6, 6.07) is 16.4. The first kappa shape index (κ1) is 18.7. The number of nitrogens with zero attached hydrogens (tertiary/aromatic N) is 1. The van der Waals surface area contributed by atoms with E-state index in [9.17, 15) is 4.79 Å². The molecule has 2 aromatic carbocycles. The molecule has 0 saturated carbocycles. The number of rotatable bonds is 6. The van der Waals surface area contributed by atoms with Crippen LogP contribution in [0.1, 0.15) is 17.5 Å². The van der Waals surface area contributed by atoms with Crippen molar-refractivity contribution in [1.29, 1.82) is 0 Å². The Hall–Kier alpha value is -2.66. The zero-order chi connectivity index (χ0) is 19.3. The van der Waals surface area contributed by atoms with Crippen molar-refractivity contribution in [3.05, 3.63) is 71.9 Å². The smallest absolute Gasteiger partial charge is 0.232 e. The summed E-state index contributed by atoms with van der Waals surface area (Å²) in [5.74, 6) is 2.44. The van der Waals surface area contributed by atoms with Crippen LogP contribution in [-0.4, -0.2) is 41.7 Å². The fourth-order valence-electron chi connectivity index (χ4n) is 3.57. The lowest BCUT2D eigenvalue weighted by Gasteiger charge is -2.26. The van der Waals surface area contributed by atoms with E-state index in [1.54, 1.807) is 18.9 Å². The van der Waals surface area contributed by atoms with Gasteiger partial charge in [-0.05, 0) is 41.3 Å². The van der Waals surface area contributed by atoms with Gasteiger partial charge in [-0.3, -0.25) is 4.79 Å². The average molecular weight is 393 g/mol. The van der Waals surface area contributed by atoms with Crippen molar-refractivity contribution < 1.29 is 9.53 Å². The van der Waals surface area contributed by atoms with Gasteiger partial charge in [0.2, 0.25) is 5.91 Å². The van der Waals surface area contributed by atoms with Gasteiger partial charge in [0.25, 0.3) is 0 Å². The molecule has 0 spiro atoms. The van der Waals surface area contributed by atoms with Crippen LogP contribution >= 0.6 is 11.8 Å². The Labute approximate surface area is 169 Å². The molecule has 0 bridgehead atoms. The Morgan fingerprint density at radius 1 is 1.21 bits per heavy atom. The maximum absolute atomic E-state index is 12.6. The first-order valence-electron chi connectivity index (χ1n) is 9.48. The lowest BCUT2D eigenvalue weighted by molar-refractivity contribution is -0.127. The molecule has 1 aromatic heterocycles. The van der Waals surface area contributed by atoms with Gasteiger partial charge in [-0.15, -0.1) is 11.8 Å². The summed E-state index contributed by atoms with van der Waals surface area (Å²) in [6.07, 6.45) is 5.10. The summed E-state index contributed by atoms with van der Waals surface area (Å²) >= 11 is 1.68. The monoisotopic (exact) mass is 392 g/mol. The fraction of sp³-hybridized carbons (Fsp3) is 0.261. The molecule has 0 saturated heterocycles. The van der Waals surface area contributed by atoms with Crippen LogP contribution in [0.2, 0.25) is 0 Å². The normalized spacial score (nSPS) is 14.2. The third kappa shape index (κ3) is 4.09. The number of H-pyrrole nitrogens is 1. The van der Waals surface area contributed by atoms with E-state index in [4.69, 9.17) is 4.74 Å². The third-order valence-corrected chi connectivity index (χ3v) is 6.13. The summed E-state index contributed by atoms with van der Waals surface area (Å²) in [6.45, 7) is 1.45. The number of carbonyl (C=O) groups excluding carboxylic acids is 1. The van der Waals surface area contributed by atoms with Crippen molar-refractivity contribution in [2.24, 2.45) is 0 Å². The van der Waals surface area contributed by atoms with Gasteiger partial charge in [0.05, 0.1) is 12.9 Å². The summed E-state index contributed by atoms with van der Waals surface area (Å²) in [7, 11) is 1.68. The van der Waals surface area contributed by atoms with Crippen molar-refractivity contribution in [2.75, 3.05) is 26.0 Å². The van der Waals surface area contributed by atoms with Crippen LogP contribution in [0.3, 0.4) is 0 Å². The van der Waals surface area contributed by atoms with E-state index in [1.165, 1.54) is 22.1 Å². The highest BCUT2D eigenvalue weighted by molar-refractivity contribution is 7.99. The SMILES string of the molecule is COc1cccc(C2=CCN(C(=O)CSCc3c[nH]c4ccccc34)CC2)c1. The minimum atomic E-state index is 0.214. The maximum atomic E-state index is 12.6. The van der Waals surface area contributed by atoms with Gasteiger partial charge in [0, 0.05) is 35.9 Å². The molecule has 0 aliphatic carbocycles. The second-order valence-corrected chi connectivity index (χ2v) is 7.89. The number of thioether (sulfide) groups is 1. The lowest BCUT2D eigenvalue weighted by Crippen LogP contribution is -2.35. The molecule has 1 aliphatic heterocycles. The van der Waals surface area contributed by atoms with E-state index in [1.807, 2.05) is 29.3 Å². The second kappa shape index (κ2) is 8.57. The predicted octanol–water partition coefficient (Wildman–Crippen LogP) is 4.73. The molecule has 4 rings (SSSR count). The number of fused-ring (bicyclic) bond motifs is 1. The van der Waals surface area contributed by atoms with Crippen molar-refractivity contribution in [2.45, 2.75) is 12.2 Å². The minimum Gasteiger partial charge on any atom is -0.497 e. The van der Waals surface area contributed by atoms with Gasteiger partial charge in [-0.1, -0.05) is 36.4 Å². The Kier molecular flexibility index (Phi) is 5.72. The molecule has 0 radical (unpaired) electrons. The number of benzene rings is 2. The highest BCUT2D eigenvalue weighted by Gasteiger charge is 2.18. The summed E-state index contributed by atoms with van der Waals surface area (Å²) in [5, 5.41) is 1.24. The van der Waals surface area contributed by atoms with Crippen LogP contribution in [0.25, 0.3) is 16.5 Å². The van der Waals surface area contributed by atoms with Crippen LogP contribution in [0, 0.1) is 0 Å². The summed E-state index contributed by atoms with van der Waals surface area (Å²) < 4.78 is 5.31. The molecular weight excluding hydrogens is 368 g/mol. The maximum Gasteiger partial charge on any atom is 0.232 e. The zero-order valence-electron chi connectivity index (χ0n) is 16.0. The predicted molar refractivity (Wildman–Crippen MR) is 117 cm³/mol. The topological polar surface area (TPSA) is 45.3 Å². The van der Waals surface area contributed by atoms with Crippen molar-refractivity contribution >= 4 is 34.1 Å². The molecule has 144 valence electrons. The third-order valence-electron chi connectivity index (χ3n) is 5.16. The molecule has 1 N–H and O–H groups in total. The minimum absolute atomic E-state index is 0.214. The molecule has 0 atom stereocenters. The van der Waals surface area contributed by atoms with Gasteiger partial charge < -0.3 is 14.6 Å². The number of para-hydroxylation sites is 1. The standard InChI is InChI=1S/C23H24N2O2S/c1-27-20-6-4-5-18(13-20)17-9-11-25(12-10-17)23(26)16-28-15-19-14-24-22-8-3-2-7-21(19)22/h2-9,13-14,24H,10-12,15-16H2,1H3. The first-order chi connectivity index (χ1) is 13.7. The van der Waals surface area contributed by atoms with Crippen LogP contribution in [-0.2, 0) is 10.5 Å². The Morgan fingerprint density at radius 2 is 2.11 bits per heavy atom. The van der Waals surface area contributed by atoms with Crippen molar-refractivity contribution in [1.82, 2.24) is 9.88 Å². The first-order valence-corrected chi connectivity index (χ1v) is 10.6. The lowest BCUT2D eigenvalue weighted by atomic mass is 9.99. The van der Waals surface area contributed by atoms with Gasteiger partial charge in [0.15, 0.2) is 0 Å².